The van der Waals surface area contributed by atoms with Crippen molar-refractivity contribution in [2.75, 3.05) is 14.2 Å². The van der Waals surface area contributed by atoms with E-state index < -0.39 is 0 Å². The maximum Gasteiger partial charge on any atom is 0.0739 e. The second-order valence-corrected chi connectivity index (χ2v) is 3.43. The molecule has 3 heteroatoms. The minimum Gasteiger partial charge on any atom is -0.303 e. The van der Waals surface area contributed by atoms with Crippen molar-refractivity contribution in [1.29, 1.82) is 0 Å². The topological polar surface area (TPSA) is 18.5 Å². The smallest absolute Gasteiger partial charge is 0.0739 e. The normalized spacial score (nSPS) is 10.1. The van der Waals surface area contributed by atoms with Crippen molar-refractivity contribution >= 4 is 15.9 Å². The van der Waals surface area contributed by atoms with Gasteiger partial charge in [-0.05, 0) is 18.7 Å². The fourth-order valence-corrected chi connectivity index (χ4v) is 1.20. The van der Waals surface area contributed by atoms with E-state index in [1.807, 2.05) is 13.8 Å². The van der Waals surface area contributed by atoms with Crippen LogP contribution < -0.4 is 0 Å². The summed E-state index contributed by atoms with van der Waals surface area (Å²) in [6.45, 7) is 3.96. The van der Waals surface area contributed by atoms with Crippen molar-refractivity contribution in [3.8, 4) is 0 Å². The van der Waals surface area contributed by atoms with Crippen molar-refractivity contribution in [3.05, 3.63) is 0 Å². The van der Waals surface area contributed by atoms with Crippen LogP contribution in [0.4, 0.5) is 0 Å². The zero-order valence-corrected chi connectivity index (χ0v) is 6.54. The molecule has 0 radical (unpaired) electrons. The van der Waals surface area contributed by atoms with E-state index in [1.54, 1.807) is 14.2 Å². The van der Waals surface area contributed by atoms with E-state index >= 15 is 0 Å². The molecule has 0 fully saturated rings. The first kappa shape index (κ1) is 8.14. The van der Waals surface area contributed by atoms with Crippen molar-refractivity contribution in [2.24, 2.45) is 0 Å². The third kappa shape index (κ3) is 2.45. The van der Waals surface area contributed by atoms with Gasteiger partial charge in [0.05, 0.1) is 25.3 Å². The summed E-state index contributed by atoms with van der Waals surface area (Å²) in [6, 6.07) is 0. The molecule has 0 aliphatic carbocycles. The van der Waals surface area contributed by atoms with Gasteiger partial charge in [0, 0.05) is 0 Å². The molecule has 0 amide bonds. The average molecular weight is 136 g/mol. The van der Waals surface area contributed by atoms with Crippen LogP contribution in [0.2, 0.25) is 0 Å². The number of hydrogen-bond acceptors (Lipinski definition) is 2. The minimum absolute atomic E-state index is 0.373. The third-order valence-corrected chi connectivity index (χ3v) is 1.91. The Morgan fingerprint density at radius 1 is 1.12 bits per heavy atom. The Morgan fingerprint density at radius 3 is 1.50 bits per heavy atom. The summed E-state index contributed by atoms with van der Waals surface area (Å²) >= 11 is -0.373. The molecule has 0 aromatic carbocycles. The van der Waals surface area contributed by atoms with Gasteiger partial charge < -0.3 is 8.37 Å². The van der Waals surface area contributed by atoms with Crippen LogP contribution in [0.25, 0.3) is 0 Å². The van der Waals surface area contributed by atoms with Gasteiger partial charge in [0.15, 0.2) is 0 Å². The monoisotopic (exact) mass is 136 g/mol. The molecule has 0 spiro atoms. The van der Waals surface area contributed by atoms with E-state index in [0.29, 0.717) is 0 Å². The molecule has 0 saturated heterocycles. The van der Waals surface area contributed by atoms with E-state index in [2.05, 4.69) is 0 Å². The fourth-order valence-electron chi connectivity index (χ4n) is 0.401. The van der Waals surface area contributed by atoms with Gasteiger partial charge in [-0.2, -0.15) is 0 Å². The highest BCUT2D eigenvalue weighted by Gasteiger charge is 1.89. The molecular formula is C5H12O2S. The maximum atomic E-state index is 4.93. The summed E-state index contributed by atoms with van der Waals surface area (Å²) in [5.74, 6) is 0. The van der Waals surface area contributed by atoms with Crippen molar-refractivity contribution in [1.82, 2.24) is 0 Å². The Bertz CT molecular complexity index is 88.6. The lowest BCUT2D eigenvalue weighted by atomic mass is 10.6. The highest BCUT2D eigenvalue weighted by Crippen LogP contribution is 2.14. The van der Waals surface area contributed by atoms with Gasteiger partial charge in [0.2, 0.25) is 0 Å². The van der Waals surface area contributed by atoms with Gasteiger partial charge in [-0.25, -0.2) is 0 Å². The van der Waals surface area contributed by atoms with Crippen LogP contribution in [0, 0.1) is 0 Å². The maximum absolute atomic E-state index is 4.93. The molecule has 8 heavy (non-hydrogen) atoms. The molecule has 50 valence electrons. The van der Waals surface area contributed by atoms with E-state index in [0.717, 1.165) is 4.86 Å². The van der Waals surface area contributed by atoms with Gasteiger partial charge in [-0.15, -0.1) is 0 Å². The minimum atomic E-state index is -0.373. The Balaban J connectivity index is 3.86. The molecular weight excluding hydrogens is 124 g/mol. The molecule has 0 aromatic rings. The molecule has 0 bridgehead atoms. The summed E-state index contributed by atoms with van der Waals surface area (Å²) in [7, 11) is 3.28. The largest absolute Gasteiger partial charge is 0.303 e. The standard InChI is InChI=1S/C5H12O2S/c1-5(2)8(6-3)7-4/h1-4H3. The number of hydrogen-bond donors (Lipinski definition) is 0. The van der Waals surface area contributed by atoms with Crippen molar-refractivity contribution in [3.63, 3.8) is 0 Å². The van der Waals surface area contributed by atoms with Crippen molar-refractivity contribution < 1.29 is 8.37 Å². The van der Waals surface area contributed by atoms with Crippen LogP contribution in [0.15, 0.2) is 0 Å². The first-order chi connectivity index (χ1) is 3.72. The van der Waals surface area contributed by atoms with E-state index in [4.69, 9.17) is 8.37 Å². The molecule has 0 aromatic heterocycles. The summed E-state index contributed by atoms with van der Waals surface area (Å²) in [6.07, 6.45) is 0. The second-order valence-electron chi connectivity index (χ2n) is 1.48. The third-order valence-electron chi connectivity index (χ3n) is 0.636. The van der Waals surface area contributed by atoms with Gasteiger partial charge >= 0.3 is 0 Å². The summed E-state index contributed by atoms with van der Waals surface area (Å²) in [4.78, 5) is 1.16. The Labute approximate surface area is 53.1 Å². The van der Waals surface area contributed by atoms with Crippen molar-refractivity contribution in [2.45, 2.75) is 13.8 Å². The highest BCUT2D eigenvalue weighted by molar-refractivity contribution is 8.07. The molecule has 2 nitrogen and oxygen atoms in total. The fraction of sp³-hybridized carbons (Fsp3) is 0.800. The summed E-state index contributed by atoms with van der Waals surface area (Å²) in [5.41, 5.74) is 0. The Kier molecular flexibility index (Phi) is 4.13. The summed E-state index contributed by atoms with van der Waals surface area (Å²) in [5, 5.41) is 0. The SMILES string of the molecule is COS(OC)=C(C)C. The Morgan fingerprint density at radius 2 is 1.50 bits per heavy atom. The predicted octanol–water partition coefficient (Wildman–Crippen LogP) is 1.59. The molecule has 0 unspecified atom stereocenters. The molecule has 0 atom stereocenters. The van der Waals surface area contributed by atoms with Gasteiger partial charge in [0.1, 0.15) is 0 Å². The Hall–Kier alpha value is 0.140. The van der Waals surface area contributed by atoms with Crippen LogP contribution in [-0.4, -0.2) is 19.1 Å². The molecule has 0 aliphatic heterocycles. The van der Waals surface area contributed by atoms with Crippen LogP contribution in [0.5, 0.6) is 0 Å². The van der Waals surface area contributed by atoms with Gasteiger partial charge in [-0.1, -0.05) is 0 Å². The predicted molar refractivity (Wildman–Crippen MR) is 38.0 cm³/mol. The van der Waals surface area contributed by atoms with Crippen LogP contribution in [0.3, 0.4) is 0 Å². The zero-order valence-electron chi connectivity index (χ0n) is 5.72. The van der Waals surface area contributed by atoms with E-state index in [1.165, 1.54) is 0 Å². The number of rotatable bonds is 2. The van der Waals surface area contributed by atoms with Crippen LogP contribution in [0.1, 0.15) is 13.8 Å². The van der Waals surface area contributed by atoms with E-state index in [-0.39, 0.29) is 11.0 Å². The molecule has 0 aliphatic rings. The van der Waals surface area contributed by atoms with Gasteiger partial charge in [0.25, 0.3) is 0 Å². The lowest BCUT2D eigenvalue weighted by Gasteiger charge is -2.02. The molecule has 0 N–H and O–H groups in total. The summed E-state index contributed by atoms with van der Waals surface area (Å²) < 4.78 is 9.86. The van der Waals surface area contributed by atoms with E-state index in [9.17, 15) is 0 Å². The zero-order chi connectivity index (χ0) is 6.57. The first-order valence-electron chi connectivity index (χ1n) is 2.35. The highest BCUT2D eigenvalue weighted by atomic mass is 32.2. The second kappa shape index (κ2) is 4.06. The van der Waals surface area contributed by atoms with Gasteiger partial charge in [-0.3, -0.25) is 0 Å². The molecule has 0 rings (SSSR count). The average Bonchev–Trinajstić information content (AvgIpc) is 1.69. The quantitative estimate of drug-likeness (QED) is 0.537. The molecule has 0 saturated carbocycles. The molecule has 0 heterocycles. The van der Waals surface area contributed by atoms with Crippen LogP contribution >= 0.6 is 11.0 Å². The lowest BCUT2D eigenvalue weighted by molar-refractivity contribution is 0.381. The van der Waals surface area contributed by atoms with Crippen LogP contribution in [-0.2, 0) is 8.37 Å². The first-order valence-corrected chi connectivity index (χ1v) is 3.43. The lowest BCUT2D eigenvalue weighted by Crippen LogP contribution is -1.87.